The zero-order valence-corrected chi connectivity index (χ0v) is 19.8. The molecule has 3 unspecified atom stereocenters. The van der Waals surface area contributed by atoms with Crippen molar-refractivity contribution in [3.05, 3.63) is 45.9 Å². The van der Waals surface area contributed by atoms with E-state index in [0.29, 0.717) is 31.4 Å². The molecule has 2 saturated carbocycles. The average Bonchev–Trinajstić information content (AvgIpc) is 3.31. The molecule has 1 heterocycles. The van der Waals surface area contributed by atoms with Crippen LogP contribution in [-0.4, -0.2) is 25.7 Å². The molecule has 0 aromatic heterocycles. The number of nitrogens with zero attached hydrogens (tertiary/aromatic N) is 2. The molecule has 0 radical (unpaired) electrons. The van der Waals surface area contributed by atoms with Crippen LogP contribution in [-0.2, 0) is 29.9 Å². The number of nitriles is 1. The number of carbonyl (C=O) groups is 1. The van der Waals surface area contributed by atoms with E-state index in [9.17, 15) is 13.2 Å². The van der Waals surface area contributed by atoms with Crippen molar-refractivity contribution in [2.45, 2.75) is 52.9 Å². The standard InChI is InChI=1S/C23H28N2O4S2/c1-16-6-7-18(13-17(16)9-11-24)20-5-4-12-30(20)25-29-31(27,28)15-23-10-8-19(14-21(23)26)22(23,2)3/h4-7,19H,8-10,12-15H2,1-3H3. The van der Waals surface area contributed by atoms with Gasteiger partial charge in [0.05, 0.1) is 23.7 Å². The summed E-state index contributed by atoms with van der Waals surface area (Å²) in [5.74, 6) is 0.599. The second kappa shape index (κ2) is 7.95. The molecule has 0 saturated heterocycles. The second-order valence-corrected chi connectivity index (χ2v) is 12.7. The molecule has 8 heteroatoms. The first-order chi connectivity index (χ1) is 14.6. The van der Waals surface area contributed by atoms with Crippen molar-refractivity contribution in [1.29, 1.82) is 5.26 Å². The van der Waals surface area contributed by atoms with Gasteiger partial charge in [0, 0.05) is 17.1 Å². The van der Waals surface area contributed by atoms with Gasteiger partial charge in [-0.05, 0) is 59.4 Å². The maximum atomic E-state index is 12.9. The minimum atomic E-state index is -3.98. The quantitative estimate of drug-likeness (QED) is 0.564. The van der Waals surface area contributed by atoms with Crippen LogP contribution in [0, 0.1) is 28.1 Å². The molecule has 0 spiro atoms. The van der Waals surface area contributed by atoms with Crippen molar-refractivity contribution in [3.63, 3.8) is 0 Å². The van der Waals surface area contributed by atoms with Gasteiger partial charge in [-0.1, -0.05) is 48.3 Å². The highest BCUT2D eigenvalue weighted by Crippen LogP contribution is 2.64. The summed E-state index contributed by atoms with van der Waals surface area (Å²) in [4.78, 5) is 13.6. The summed E-state index contributed by atoms with van der Waals surface area (Å²) in [6.07, 6.45) is 10.9. The molecule has 3 aliphatic carbocycles. The van der Waals surface area contributed by atoms with Crippen LogP contribution in [0.15, 0.2) is 50.5 Å². The molecule has 4 rings (SSSR count). The summed E-state index contributed by atoms with van der Waals surface area (Å²) in [5, 5.41) is 9.06. The van der Waals surface area contributed by atoms with Gasteiger partial charge in [-0.3, -0.25) is 4.79 Å². The van der Waals surface area contributed by atoms with E-state index in [1.807, 2.05) is 45.1 Å². The molecule has 4 aliphatic rings. The first-order valence-electron chi connectivity index (χ1n) is 10.6. The van der Waals surface area contributed by atoms with Gasteiger partial charge in [-0.15, -0.1) is 4.28 Å². The Morgan fingerprint density at radius 2 is 2.10 bits per heavy atom. The van der Waals surface area contributed by atoms with Crippen LogP contribution < -0.4 is 0 Å². The number of fused-ring (bicyclic) bond motifs is 2. The first-order valence-corrected chi connectivity index (χ1v) is 13.5. The van der Waals surface area contributed by atoms with E-state index >= 15 is 0 Å². The van der Waals surface area contributed by atoms with E-state index in [1.165, 1.54) is 0 Å². The molecular formula is C23H28N2O4S2. The summed E-state index contributed by atoms with van der Waals surface area (Å²) < 4.78 is 35.0. The molecule has 1 aliphatic heterocycles. The lowest BCUT2D eigenvalue weighted by Crippen LogP contribution is -2.42. The number of hydrogen-bond acceptors (Lipinski definition) is 6. The number of ketones is 1. The van der Waals surface area contributed by atoms with Crippen LogP contribution >= 0.6 is 0 Å². The first kappa shape index (κ1) is 22.4. The van der Waals surface area contributed by atoms with Crippen molar-refractivity contribution in [2.24, 2.45) is 21.3 Å². The van der Waals surface area contributed by atoms with Crippen molar-refractivity contribution in [1.82, 2.24) is 0 Å². The smallest absolute Gasteiger partial charge is 0.291 e. The summed E-state index contributed by atoms with van der Waals surface area (Å²) in [6.45, 7) is 6.02. The van der Waals surface area contributed by atoms with E-state index in [1.54, 1.807) is 0 Å². The van der Waals surface area contributed by atoms with E-state index in [-0.39, 0.29) is 22.9 Å². The maximum Gasteiger partial charge on any atom is 0.291 e. The van der Waals surface area contributed by atoms with Gasteiger partial charge in [0.15, 0.2) is 0 Å². The third-order valence-corrected chi connectivity index (χ3v) is 10.6. The molecule has 0 amide bonds. The zero-order chi connectivity index (χ0) is 22.4. The van der Waals surface area contributed by atoms with Gasteiger partial charge >= 0.3 is 0 Å². The maximum absolute atomic E-state index is 12.9. The lowest BCUT2D eigenvalue weighted by molar-refractivity contribution is -0.128. The topological polar surface area (TPSA) is 96.6 Å². The van der Waals surface area contributed by atoms with Gasteiger partial charge in [0.1, 0.15) is 5.78 Å². The molecule has 3 atom stereocenters. The second-order valence-electron chi connectivity index (χ2n) is 9.47. The van der Waals surface area contributed by atoms with Gasteiger partial charge in [0.2, 0.25) is 0 Å². The summed E-state index contributed by atoms with van der Waals surface area (Å²) in [5.41, 5.74) is 2.02. The summed E-state index contributed by atoms with van der Waals surface area (Å²) >= 11 is 0. The lowest BCUT2D eigenvalue weighted by atomic mass is 9.70. The third kappa shape index (κ3) is 3.81. The van der Waals surface area contributed by atoms with E-state index in [0.717, 1.165) is 28.0 Å². The summed E-state index contributed by atoms with van der Waals surface area (Å²) in [7, 11) is -4.71. The third-order valence-electron chi connectivity index (χ3n) is 7.68. The lowest BCUT2D eigenvalue weighted by Gasteiger charge is -2.35. The Kier molecular flexibility index (Phi) is 5.74. The summed E-state index contributed by atoms with van der Waals surface area (Å²) in [6, 6.07) is 2.21. The molecule has 2 bridgehead atoms. The molecule has 166 valence electrons. The zero-order valence-electron chi connectivity index (χ0n) is 18.2. The number of allylic oxidation sites excluding steroid dienone is 6. The van der Waals surface area contributed by atoms with Crippen LogP contribution in [0.1, 0.15) is 52.9 Å². The van der Waals surface area contributed by atoms with Crippen molar-refractivity contribution < 1.29 is 17.5 Å². The largest absolute Gasteiger partial charge is 0.299 e. The number of rotatable bonds is 5. The SMILES string of the molecule is CC1=C(CC#N)CC(=C2C=CCS2=NOS(=O)(=O)CC23CCC(CC2=O)C3(C)C)C=C1. The average molecular weight is 461 g/mol. The van der Waals surface area contributed by atoms with E-state index < -0.39 is 26.2 Å². The van der Waals surface area contributed by atoms with Gasteiger partial charge in [0.25, 0.3) is 10.1 Å². The number of Topliss-reactive ketones (excluding diaryl/α,β-unsaturated/α-hetero) is 1. The molecule has 0 N–H and O–H groups in total. The fraction of sp³-hybridized carbons (Fsp3) is 0.565. The van der Waals surface area contributed by atoms with Crippen molar-refractivity contribution in [2.75, 3.05) is 11.5 Å². The van der Waals surface area contributed by atoms with Crippen LogP contribution in [0.25, 0.3) is 0 Å². The highest BCUT2D eigenvalue weighted by molar-refractivity contribution is 7.92. The molecule has 31 heavy (non-hydrogen) atoms. The van der Waals surface area contributed by atoms with Crippen LogP contribution in [0.5, 0.6) is 0 Å². The monoisotopic (exact) mass is 460 g/mol. The molecule has 0 aromatic rings. The highest BCUT2D eigenvalue weighted by atomic mass is 32.2. The van der Waals surface area contributed by atoms with Crippen molar-refractivity contribution in [3.8, 4) is 6.07 Å². The van der Waals surface area contributed by atoms with Crippen LogP contribution in [0.4, 0.5) is 0 Å². The molecule has 2 fully saturated rings. The number of carbonyl (C=O) groups excluding carboxylic acids is 1. The molecule has 6 nitrogen and oxygen atoms in total. The minimum Gasteiger partial charge on any atom is -0.299 e. The normalized spacial score (nSPS) is 34.2. The number of hydrogen-bond donors (Lipinski definition) is 0. The van der Waals surface area contributed by atoms with Gasteiger partial charge < -0.3 is 0 Å². The highest BCUT2D eigenvalue weighted by Gasteiger charge is 2.65. The fourth-order valence-corrected chi connectivity index (χ4v) is 8.79. The van der Waals surface area contributed by atoms with Gasteiger partial charge in [-0.2, -0.15) is 13.7 Å². The Morgan fingerprint density at radius 1 is 1.32 bits per heavy atom. The van der Waals surface area contributed by atoms with Crippen LogP contribution in [0.2, 0.25) is 0 Å². The van der Waals surface area contributed by atoms with Gasteiger partial charge in [-0.25, -0.2) is 0 Å². The molecular weight excluding hydrogens is 432 g/mol. The van der Waals surface area contributed by atoms with E-state index in [4.69, 9.17) is 9.55 Å². The Balaban J connectivity index is 1.54. The van der Waals surface area contributed by atoms with Crippen LogP contribution in [0.3, 0.4) is 0 Å². The predicted octanol–water partition coefficient (Wildman–Crippen LogP) is 4.46. The van der Waals surface area contributed by atoms with E-state index in [2.05, 4.69) is 10.6 Å². The Hall–Kier alpha value is -1.82. The predicted molar refractivity (Wildman–Crippen MR) is 121 cm³/mol. The van der Waals surface area contributed by atoms with Crippen molar-refractivity contribution >= 4 is 26.6 Å². The Bertz CT molecular complexity index is 1130. The fourth-order valence-electron chi connectivity index (χ4n) is 5.50. The minimum absolute atomic E-state index is 0.0493. The Labute approximate surface area is 186 Å². The Morgan fingerprint density at radius 3 is 2.74 bits per heavy atom. The molecule has 0 aromatic carbocycles.